The van der Waals surface area contributed by atoms with Gasteiger partial charge in [-0.15, -0.1) is 0 Å². The Kier molecular flexibility index (Phi) is 7.12. The molecule has 8 nitrogen and oxygen atoms in total. The lowest BCUT2D eigenvalue weighted by molar-refractivity contribution is 0.0686. The molecule has 1 N–H and O–H groups in total. The van der Waals surface area contributed by atoms with Crippen LogP contribution >= 0.6 is 0 Å². The summed E-state index contributed by atoms with van der Waals surface area (Å²) in [5.41, 5.74) is 8.82. The van der Waals surface area contributed by atoms with Crippen molar-refractivity contribution in [1.82, 2.24) is 19.4 Å². The van der Waals surface area contributed by atoms with Crippen molar-refractivity contribution < 1.29 is 19.4 Å². The Morgan fingerprint density at radius 2 is 2.00 bits per heavy atom. The molecule has 0 aliphatic carbocycles. The van der Waals surface area contributed by atoms with E-state index in [-0.39, 0.29) is 5.69 Å². The molecule has 0 bridgehead atoms. The summed E-state index contributed by atoms with van der Waals surface area (Å²) in [6, 6.07) is 16.8. The fourth-order valence-electron chi connectivity index (χ4n) is 5.87. The van der Waals surface area contributed by atoms with Crippen LogP contribution in [0, 0.1) is 13.8 Å². The lowest BCUT2D eigenvalue weighted by Crippen LogP contribution is -2.39. The highest BCUT2D eigenvalue weighted by atomic mass is 16.5. The molecule has 4 heterocycles. The van der Waals surface area contributed by atoms with Crippen molar-refractivity contribution in [2.45, 2.75) is 45.9 Å². The third kappa shape index (κ3) is 5.00. The number of carboxylic acids is 1. The van der Waals surface area contributed by atoms with Gasteiger partial charge in [0.15, 0.2) is 5.82 Å². The summed E-state index contributed by atoms with van der Waals surface area (Å²) in [5, 5.41) is 9.42. The number of carboxylic acid groups (broad SMARTS) is 1. The molecule has 0 saturated carbocycles. The van der Waals surface area contributed by atoms with Crippen molar-refractivity contribution in [3.05, 3.63) is 88.2 Å². The summed E-state index contributed by atoms with van der Waals surface area (Å²) in [5.74, 6) is 0.230. The van der Waals surface area contributed by atoms with Gasteiger partial charge in [-0.05, 0) is 73.2 Å². The minimum Gasteiger partial charge on any atom is -0.488 e. The van der Waals surface area contributed by atoms with Crippen LogP contribution in [-0.2, 0) is 31.4 Å². The summed E-state index contributed by atoms with van der Waals surface area (Å²) >= 11 is 0. The number of aromatic carboxylic acids is 1. The number of hydrogen-bond acceptors (Lipinski definition) is 6. The van der Waals surface area contributed by atoms with Gasteiger partial charge >= 0.3 is 5.97 Å². The summed E-state index contributed by atoms with van der Waals surface area (Å²) in [6.45, 7) is 8.51. The smallest absolute Gasteiger partial charge is 0.354 e. The first-order valence-corrected chi connectivity index (χ1v) is 13.8. The predicted octanol–water partition coefficient (Wildman–Crippen LogP) is 5.19. The van der Waals surface area contributed by atoms with Gasteiger partial charge in [0, 0.05) is 38.3 Å². The van der Waals surface area contributed by atoms with Crippen molar-refractivity contribution >= 4 is 5.97 Å². The molecule has 206 valence electrons. The molecule has 1 saturated heterocycles. The van der Waals surface area contributed by atoms with E-state index in [0.29, 0.717) is 24.2 Å². The quantitative estimate of drug-likeness (QED) is 0.346. The second-order valence-electron chi connectivity index (χ2n) is 10.8. The van der Waals surface area contributed by atoms with E-state index in [0.717, 1.165) is 61.7 Å². The number of aryl methyl sites for hydroxylation is 1. The Morgan fingerprint density at radius 3 is 2.77 bits per heavy atom. The number of carbonyl (C=O) groups is 1. The molecular formula is C32H34N4O4. The molecule has 2 aliphatic heterocycles. The molecule has 1 fully saturated rings. The van der Waals surface area contributed by atoms with E-state index < -0.39 is 5.97 Å². The molecule has 0 radical (unpaired) electrons. The SMILES string of the molecule is Cc1ccc(OCc2ccc3c(c2C)CCN(C2CCOC2)C3)c(-c2cccc(-c3ncc(C(=O)O)n3C)n2)c1. The Morgan fingerprint density at radius 1 is 1.15 bits per heavy atom. The summed E-state index contributed by atoms with van der Waals surface area (Å²) in [6.07, 6.45) is 3.53. The van der Waals surface area contributed by atoms with Gasteiger partial charge in [0.2, 0.25) is 0 Å². The Bertz CT molecular complexity index is 1570. The highest BCUT2D eigenvalue weighted by molar-refractivity contribution is 5.86. The Labute approximate surface area is 234 Å². The first kappa shape index (κ1) is 26.2. The molecule has 8 heteroatoms. The van der Waals surface area contributed by atoms with Crippen LogP contribution in [-0.4, -0.2) is 56.3 Å². The Balaban J connectivity index is 1.24. The zero-order valence-electron chi connectivity index (χ0n) is 23.2. The molecular weight excluding hydrogens is 504 g/mol. The van der Waals surface area contributed by atoms with Crippen molar-refractivity contribution in [3.8, 4) is 28.5 Å². The second-order valence-corrected chi connectivity index (χ2v) is 10.8. The van der Waals surface area contributed by atoms with E-state index in [9.17, 15) is 9.90 Å². The first-order valence-electron chi connectivity index (χ1n) is 13.8. The van der Waals surface area contributed by atoms with E-state index in [2.05, 4.69) is 35.0 Å². The predicted molar refractivity (Wildman–Crippen MR) is 152 cm³/mol. The standard InChI is InChI=1S/C32H34N4O4/c1-20-7-10-30(26(15-20)27-5-4-6-28(34-27)31-33-16-29(32(37)38)35(31)3)40-18-23-9-8-22-17-36(24-12-14-39-19-24)13-11-25(22)21(23)2/h4-10,15-16,24H,11-14,17-19H2,1-3H3,(H,37,38). The number of pyridine rings is 1. The van der Waals surface area contributed by atoms with E-state index in [1.165, 1.54) is 28.5 Å². The topological polar surface area (TPSA) is 89.7 Å². The van der Waals surface area contributed by atoms with Crippen molar-refractivity contribution in [3.63, 3.8) is 0 Å². The summed E-state index contributed by atoms with van der Waals surface area (Å²) < 4.78 is 13.6. The van der Waals surface area contributed by atoms with Crippen LogP contribution < -0.4 is 4.74 Å². The maximum Gasteiger partial charge on any atom is 0.354 e. The maximum atomic E-state index is 11.5. The fourth-order valence-corrected chi connectivity index (χ4v) is 5.87. The van der Waals surface area contributed by atoms with Crippen LogP contribution in [0.3, 0.4) is 0 Å². The van der Waals surface area contributed by atoms with Crippen LogP contribution in [0.2, 0.25) is 0 Å². The number of imidazole rings is 1. The molecule has 1 atom stereocenters. The zero-order chi connectivity index (χ0) is 27.8. The van der Waals surface area contributed by atoms with Gasteiger partial charge in [0.05, 0.1) is 18.5 Å². The number of rotatable bonds is 7. The van der Waals surface area contributed by atoms with Gasteiger partial charge < -0.3 is 19.1 Å². The van der Waals surface area contributed by atoms with Gasteiger partial charge in [0.1, 0.15) is 23.7 Å². The molecule has 4 aromatic rings. The minimum atomic E-state index is -1.02. The van der Waals surface area contributed by atoms with Gasteiger partial charge in [-0.25, -0.2) is 14.8 Å². The molecule has 2 aliphatic rings. The van der Waals surface area contributed by atoms with E-state index in [1.54, 1.807) is 11.6 Å². The lowest BCUT2D eigenvalue weighted by atomic mass is 9.91. The molecule has 0 spiro atoms. The average Bonchev–Trinajstić information content (AvgIpc) is 3.63. The highest BCUT2D eigenvalue weighted by Gasteiger charge is 2.27. The number of fused-ring (bicyclic) bond motifs is 1. The van der Waals surface area contributed by atoms with E-state index in [4.69, 9.17) is 14.5 Å². The van der Waals surface area contributed by atoms with Crippen molar-refractivity contribution in [1.29, 1.82) is 0 Å². The van der Waals surface area contributed by atoms with Crippen LogP contribution in [0.15, 0.2) is 54.7 Å². The van der Waals surface area contributed by atoms with Crippen LogP contribution in [0.4, 0.5) is 0 Å². The Hall–Kier alpha value is -4.01. The molecule has 40 heavy (non-hydrogen) atoms. The largest absolute Gasteiger partial charge is 0.488 e. The van der Waals surface area contributed by atoms with Crippen LogP contribution in [0.1, 0.15) is 44.7 Å². The first-order chi connectivity index (χ1) is 19.4. The molecule has 1 unspecified atom stereocenters. The minimum absolute atomic E-state index is 0.113. The molecule has 6 rings (SSSR count). The number of ether oxygens (including phenoxy) is 2. The van der Waals surface area contributed by atoms with E-state index in [1.807, 2.05) is 37.3 Å². The monoisotopic (exact) mass is 538 g/mol. The van der Waals surface area contributed by atoms with Crippen molar-refractivity contribution in [2.75, 3.05) is 19.8 Å². The van der Waals surface area contributed by atoms with Gasteiger partial charge in [-0.2, -0.15) is 0 Å². The van der Waals surface area contributed by atoms with Gasteiger partial charge in [-0.1, -0.05) is 29.8 Å². The lowest BCUT2D eigenvalue weighted by Gasteiger charge is -2.34. The van der Waals surface area contributed by atoms with Crippen molar-refractivity contribution in [2.24, 2.45) is 7.05 Å². The van der Waals surface area contributed by atoms with Crippen LogP contribution in [0.25, 0.3) is 22.8 Å². The number of nitrogens with zero attached hydrogens (tertiary/aromatic N) is 4. The zero-order valence-corrected chi connectivity index (χ0v) is 23.2. The van der Waals surface area contributed by atoms with Gasteiger partial charge in [0.25, 0.3) is 0 Å². The third-order valence-corrected chi connectivity index (χ3v) is 8.23. The number of hydrogen-bond donors (Lipinski definition) is 1. The van der Waals surface area contributed by atoms with Gasteiger partial charge in [-0.3, -0.25) is 4.90 Å². The highest BCUT2D eigenvalue weighted by Crippen LogP contribution is 2.33. The maximum absolute atomic E-state index is 11.5. The summed E-state index contributed by atoms with van der Waals surface area (Å²) in [4.78, 5) is 23.2. The molecule has 2 aromatic heterocycles. The fraction of sp³-hybridized carbons (Fsp3) is 0.344. The number of aromatic nitrogens is 3. The second kappa shape index (κ2) is 10.9. The van der Waals surface area contributed by atoms with Crippen LogP contribution in [0.5, 0.6) is 5.75 Å². The van der Waals surface area contributed by atoms with E-state index >= 15 is 0 Å². The third-order valence-electron chi connectivity index (χ3n) is 8.23. The molecule has 2 aromatic carbocycles. The summed E-state index contributed by atoms with van der Waals surface area (Å²) in [7, 11) is 1.68. The normalized spacial score (nSPS) is 17.1. The molecule has 0 amide bonds. The number of benzene rings is 2. The average molecular weight is 539 g/mol.